The zero-order valence-electron chi connectivity index (χ0n) is 16.0. The Balaban J connectivity index is 3.20. The number of carbonyl (C=O) groups excluding carboxylic acids is 1. The second kappa shape index (κ2) is 8.94. The molecule has 0 bridgehead atoms. The van der Waals surface area contributed by atoms with Crippen molar-refractivity contribution < 1.29 is 66.6 Å². The van der Waals surface area contributed by atoms with Gasteiger partial charge in [0.1, 0.15) is 0 Å². The van der Waals surface area contributed by atoms with E-state index in [1.54, 1.807) is 5.92 Å². The quantitative estimate of drug-likeness (QED) is 0.245. The standard InChI is InChI=1S/C18H11F13O2/c1-33-12(32)11-8-3-2-6-10(11)7-4-5-9-13(19,20)14(21,22)15(23,24)16(25,26)17(27,28)18(29,30)31/h2-3,6,8H,5,9H2,1H3. The summed E-state index contributed by atoms with van der Waals surface area (Å²) < 4.78 is 174. The summed E-state index contributed by atoms with van der Waals surface area (Å²) in [5.74, 6) is -34.2. The van der Waals surface area contributed by atoms with Gasteiger partial charge in [0.15, 0.2) is 0 Å². The van der Waals surface area contributed by atoms with Crippen molar-refractivity contribution >= 4 is 5.97 Å². The summed E-state index contributed by atoms with van der Waals surface area (Å²) in [6, 6.07) is 4.91. The largest absolute Gasteiger partial charge is 0.465 e. The van der Waals surface area contributed by atoms with Gasteiger partial charge in [0.25, 0.3) is 0 Å². The number of halogens is 13. The van der Waals surface area contributed by atoms with Crippen molar-refractivity contribution in [2.45, 2.75) is 48.6 Å². The van der Waals surface area contributed by atoms with Crippen LogP contribution in [0.15, 0.2) is 24.3 Å². The topological polar surface area (TPSA) is 26.3 Å². The molecule has 0 heterocycles. The predicted molar refractivity (Wildman–Crippen MR) is 84.7 cm³/mol. The maximum absolute atomic E-state index is 13.7. The van der Waals surface area contributed by atoms with Crippen molar-refractivity contribution in [2.75, 3.05) is 7.11 Å². The lowest BCUT2D eigenvalue weighted by molar-refractivity contribution is -0.440. The van der Waals surface area contributed by atoms with E-state index in [4.69, 9.17) is 0 Å². The fraction of sp³-hybridized carbons (Fsp3) is 0.500. The van der Waals surface area contributed by atoms with Gasteiger partial charge in [0.2, 0.25) is 0 Å². The molecule has 2 nitrogen and oxygen atoms in total. The number of alkyl halides is 13. The highest BCUT2D eigenvalue weighted by Gasteiger charge is 2.90. The molecule has 0 aliphatic heterocycles. The van der Waals surface area contributed by atoms with Crippen molar-refractivity contribution in [1.82, 2.24) is 0 Å². The van der Waals surface area contributed by atoms with Gasteiger partial charge in [-0.15, -0.1) is 0 Å². The SMILES string of the molecule is COC(=O)c1ccccc1C#CCCC(F)(F)C(F)(F)C(F)(F)C(F)(F)C(F)(F)C(F)(F)F. The molecule has 1 aromatic rings. The molecule has 1 aromatic carbocycles. The third-order valence-corrected chi connectivity index (χ3v) is 4.12. The highest BCUT2D eigenvalue weighted by Crippen LogP contribution is 2.60. The molecule has 186 valence electrons. The number of hydrogen-bond donors (Lipinski definition) is 0. The molecule has 0 fully saturated rings. The summed E-state index contributed by atoms with van der Waals surface area (Å²) in [6.45, 7) is 0. The summed E-state index contributed by atoms with van der Waals surface area (Å²) in [5, 5.41) is 0. The number of esters is 1. The third kappa shape index (κ3) is 4.84. The van der Waals surface area contributed by atoms with Crippen LogP contribution in [-0.4, -0.2) is 48.9 Å². The first-order valence-corrected chi connectivity index (χ1v) is 8.31. The van der Waals surface area contributed by atoms with Crippen molar-refractivity contribution in [2.24, 2.45) is 0 Å². The van der Waals surface area contributed by atoms with Crippen LogP contribution in [0.3, 0.4) is 0 Å². The van der Waals surface area contributed by atoms with E-state index in [9.17, 15) is 61.9 Å². The van der Waals surface area contributed by atoms with E-state index in [1.165, 1.54) is 12.1 Å². The lowest BCUT2D eigenvalue weighted by Gasteiger charge is -2.39. The fourth-order valence-electron chi connectivity index (χ4n) is 2.22. The van der Waals surface area contributed by atoms with Gasteiger partial charge in [-0.25, -0.2) is 4.79 Å². The molecular weight excluding hydrogens is 495 g/mol. The van der Waals surface area contributed by atoms with E-state index >= 15 is 0 Å². The summed E-state index contributed by atoms with van der Waals surface area (Å²) in [4.78, 5) is 11.5. The molecule has 0 saturated carbocycles. The van der Waals surface area contributed by atoms with E-state index in [-0.39, 0.29) is 11.1 Å². The van der Waals surface area contributed by atoms with E-state index in [2.05, 4.69) is 4.74 Å². The second-order valence-corrected chi connectivity index (χ2v) is 6.34. The molecule has 0 aromatic heterocycles. The highest BCUT2D eigenvalue weighted by molar-refractivity contribution is 5.92. The van der Waals surface area contributed by atoms with E-state index in [0.29, 0.717) is 0 Å². The fourth-order valence-corrected chi connectivity index (χ4v) is 2.22. The Bertz CT molecular complexity index is 923. The molecule has 0 N–H and O–H groups in total. The molecule has 15 heteroatoms. The molecule has 0 radical (unpaired) electrons. The number of ether oxygens (including phenoxy) is 1. The minimum atomic E-state index is -7.93. The Kier molecular flexibility index (Phi) is 7.69. The first-order valence-electron chi connectivity index (χ1n) is 8.31. The van der Waals surface area contributed by atoms with Gasteiger partial charge in [0, 0.05) is 18.4 Å². The van der Waals surface area contributed by atoms with Crippen molar-refractivity contribution in [3.05, 3.63) is 35.4 Å². The molecule has 0 unspecified atom stereocenters. The summed E-state index contributed by atoms with van der Waals surface area (Å²) in [6.07, 6.45) is -11.3. The van der Waals surface area contributed by atoms with Crippen LogP contribution in [0.4, 0.5) is 57.1 Å². The number of benzene rings is 1. The number of carbonyl (C=O) groups is 1. The van der Waals surface area contributed by atoms with Crippen molar-refractivity contribution in [3.8, 4) is 11.8 Å². The summed E-state index contributed by atoms with van der Waals surface area (Å²) in [5.41, 5.74) is -0.411. The Morgan fingerprint density at radius 1 is 0.788 bits per heavy atom. The average molecular weight is 506 g/mol. The first-order chi connectivity index (χ1) is 14.7. The summed E-state index contributed by atoms with van der Waals surface area (Å²) in [7, 11) is 0.966. The van der Waals surface area contributed by atoms with E-state index in [1.807, 2.05) is 5.92 Å². The van der Waals surface area contributed by atoms with Crippen LogP contribution in [0.1, 0.15) is 28.8 Å². The Labute approximate surface area is 176 Å². The van der Waals surface area contributed by atoms with Crippen LogP contribution in [0.25, 0.3) is 0 Å². The number of methoxy groups -OCH3 is 1. The van der Waals surface area contributed by atoms with Crippen LogP contribution in [0.2, 0.25) is 0 Å². The highest BCUT2D eigenvalue weighted by atomic mass is 19.4. The van der Waals surface area contributed by atoms with Gasteiger partial charge in [-0.1, -0.05) is 24.0 Å². The minimum absolute atomic E-state index is 0.193. The normalized spacial score (nSPS) is 13.9. The molecule has 0 atom stereocenters. The molecule has 1 rings (SSSR count). The maximum Gasteiger partial charge on any atom is 0.460 e. The Morgan fingerprint density at radius 2 is 1.27 bits per heavy atom. The average Bonchev–Trinajstić information content (AvgIpc) is 2.69. The second-order valence-electron chi connectivity index (χ2n) is 6.34. The minimum Gasteiger partial charge on any atom is -0.465 e. The maximum atomic E-state index is 13.7. The van der Waals surface area contributed by atoms with E-state index < -0.39 is 54.6 Å². The molecule has 0 aliphatic carbocycles. The molecule has 33 heavy (non-hydrogen) atoms. The van der Waals surface area contributed by atoms with Gasteiger partial charge in [-0.2, -0.15) is 57.1 Å². The Morgan fingerprint density at radius 3 is 1.76 bits per heavy atom. The lowest BCUT2D eigenvalue weighted by Crippen LogP contribution is -2.70. The predicted octanol–water partition coefficient (Wildman–Crippen LogP) is 6.34. The lowest BCUT2D eigenvalue weighted by atomic mass is 9.92. The first kappa shape index (κ1) is 28.4. The molecule has 0 saturated heterocycles. The zero-order valence-corrected chi connectivity index (χ0v) is 16.0. The smallest absolute Gasteiger partial charge is 0.460 e. The number of hydrogen-bond acceptors (Lipinski definition) is 2. The summed E-state index contributed by atoms with van der Waals surface area (Å²) >= 11 is 0. The molecule has 0 aliphatic rings. The molecule has 0 amide bonds. The van der Waals surface area contributed by atoms with Crippen molar-refractivity contribution in [1.29, 1.82) is 0 Å². The Hall–Kier alpha value is -2.66. The van der Waals surface area contributed by atoms with Crippen LogP contribution in [0.5, 0.6) is 0 Å². The van der Waals surface area contributed by atoms with Crippen LogP contribution < -0.4 is 0 Å². The van der Waals surface area contributed by atoms with Gasteiger partial charge in [-0.3, -0.25) is 0 Å². The molecular formula is C18H11F13O2. The van der Waals surface area contributed by atoms with Crippen LogP contribution in [0, 0.1) is 11.8 Å². The van der Waals surface area contributed by atoms with Crippen molar-refractivity contribution in [3.63, 3.8) is 0 Å². The molecule has 0 spiro atoms. The van der Waals surface area contributed by atoms with Gasteiger partial charge >= 0.3 is 41.8 Å². The van der Waals surface area contributed by atoms with Crippen LogP contribution >= 0.6 is 0 Å². The zero-order chi connectivity index (χ0) is 26.1. The van der Waals surface area contributed by atoms with Crippen LogP contribution in [-0.2, 0) is 4.74 Å². The number of rotatable bonds is 7. The van der Waals surface area contributed by atoms with Gasteiger partial charge < -0.3 is 4.74 Å². The van der Waals surface area contributed by atoms with Gasteiger partial charge in [0.05, 0.1) is 12.7 Å². The third-order valence-electron chi connectivity index (χ3n) is 4.12. The van der Waals surface area contributed by atoms with Gasteiger partial charge in [-0.05, 0) is 12.1 Å². The van der Waals surface area contributed by atoms with E-state index in [0.717, 1.165) is 19.2 Å². The monoisotopic (exact) mass is 506 g/mol.